The van der Waals surface area contributed by atoms with Crippen molar-refractivity contribution < 1.29 is 19.4 Å². The van der Waals surface area contributed by atoms with Crippen molar-refractivity contribution in [3.8, 4) is 11.5 Å². The van der Waals surface area contributed by atoms with Gasteiger partial charge in [0.05, 0.1) is 13.7 Å². The molecule has 25 heavy (non-hydrogen) atoms. The molecule has 1 heterocycles. The number of aliphatic hydroxyl groups excluding tert-OH is 1. The molecule has 1 amide bonds. The van der Waals surface area contributed by atoms with Crippen molar-refractivity contribution in [2.24, 2.45) is 0 Å². The Morgan fingerprint density at radius 1 is 1.12 bits per heavy atom. The van der Waals surface area contributed by atoms with Gasteiger partial charge in [0.2, 0.25) is 0 Å². The number of aliphatic hydroxyl groups is 1. The number of nitrogens with zero attached hydrogens (tertiary/aromatic N) is 1. The highest BCUT2D eigenvalue weighted by Gasteiger charge is 2.43. The first-order valence-corrected chi connectivity index (χ1v) is 8.30. The number of hydrogen-bond acceptors (Lipinski definition) is 4. The fourth-order valence-electron chi connectivity index (χ4n) is 3.20. The third-order valence-electron chi connectivity index (χ3n) is 4.70. The van der Waals surface area contributed by atoms with Gasteiger partial charge in [0, 0.05) is 17.0 Å². The van der Waals surface area contributed by atoms with E-state index in [0.717, 1.165) is 5.56 Å². The molecule has 3 rings (SSSR count). The van der Waals surface area contributed by atoms with E-state index in [2.05, 4.69) is 0 Å². The maximum absolute atomic E-state index is 12.7. The molecule has 1 atom stereocenters. The van der Waals surface area contributed by atoms with Crippen molar-refractivity contribution in [1.29, 1.82) is 0 Å². The van der Waals surface area contributed by atoms with Gasteiger partial charge in [-0.25, -0.2) is 0 Å². The quantitative estimate of drug-likeness (QED) is 0.908. The number of ether oxygens (including phenoxy) is 2. The highest BCUT2D eigenvalue weighted by Crippen LogP contribution is 2.36. The topological polar surface area (TPSA) is 59.0 Å². The molecule has 0 spiro atoms. The summed E-state index contributed by atoms with van der Waals surface area (Å²) in [6.45, 7) is 4.47. The molecule has 0 aliphatic carbocycles. The number of carbonyl (C=O) groups excluding carboxylic acids is 1. The summed E-state index contributed by atoms with van der Waals surface area (Å²) >= 11 is 0. The van der Waals surface area contributed by atoms with E-state index < -0.39 is 11.6 Å². The minimum Gasteiger partial charge on any atom is -0.497 e. The van der Waals surface area contributed by atoms with E-state index in [0.29, 0.717) is 23.6 Å². The van der Waals surface area contributed by atoms with Crippen LogP contribution in [-0.2, 0) is 5.41 Å². The zero-order valence-electron chi connectivity index (χ0n) is 14.7. The maximum Gasteiger partial charge on any atom is 0.256 e. The Balaban J connectivity index is 1.73. The summed E-state index contributed by atoms with van der Waals surface area (Å²) in [5.74, 6) is 1.20. The van der Waals surface area contributed by atoms with E-state index in [1.165, 1.54) is 4.90 Å². The van der Waals surface area contributed by atoms with Crippen LogP contribution in [0.2, 0.25) is 0 Å². The second kappa shape index (κ2) is 6.76. The largest absolute Gasteiger partial charge is 0.497 e. The molecule has 0 aromatic heterocycles. The van der Waals surface area contributed by atoms with Gasteiger partial charge in [-0.05, 0) is 23.8 Å². The molecule has 0 saturated heterocycles. The third kappa shape index (κ3) is 3.20. The number of benzene rings is 2. The van der Waals surface area contributed by atoms with Gasteiger partial charge in [0.25, 0.3) is 5.91 Å². The number of amides is 1. The van der Waals surface area contributed by atoms with Crippen LogP contribution in [0.25, 0.3) is 0 Å². The van der Waals surface area contributed by atoms with Gasteiger partial charge in [-0.3, -0.25) is 4.79 Å². The van der Waals surface area contributed by atoms with E-state index in [4.69, 9.17) is 9.47 Å². The molecule has 5 nitrogen and oxygen atoms in total. The molecule has 1 N–H and O–H groups in total. The highest BCUT2D eigenvalue weighted by molar-refractivity contribution is 5.97. The fourth-order valence-corrected chi connectivity index (χ4v) is 3.20. The molecule has 1 unspecified atom stereocenters. The Morgan fingerprint density at radius 2 is 1.84 bits per heavy atom. The smallest absolute Gasteiger partial charge is 0.256 e. The predicted molar refractivity (Wildman–Crippen MR) is 95.0 cm³/mol. The van der Waals surface area contributed by atoms with Crippen molar-refractivity contribution in [2.75, 3.05) is 20.3 Å². The third-order valence-corrected chi connectivity index (χ3v) is 4.70. The Hall–Kier alpha value is -2.53. The van der Waals surface area contributed by atoms with E-state index in [1.807, 2.05) is 50.2 Å². The number of rotatable bonds is 5. The molecule has 1 aliphatic heterocycles. The first kappa shape index (κ1) is 17.3. The van der Waals surface area contributed by atoms with Crippen molar-refractivity contribution in [2.45, 2.75) is 25.5 Å². The van der Waals surface area contributed by atoms with E-state index in [-0.39, 0.29) is 12.5 Å². The number of carbonyl (C=O) groups is 1. The SMILES string of the molecule is COc1cccc(OCCN2C(=O)c3ccccc3C(C)(C)C2O)c1. The standard InChI is InChI=1S/C20H23NO4/c1-20(2)17-10-5-4-9-16(17)18(22)21(19(20)23)11-12-25-15-8-6-7-14(13-15)24-3/h4-10,13,19,23H,11-12H2,1-3H3. The van der Waals surface area contributed by atoms with Gasteiger partial charge < -0.3 is 19.5 Å². The molecule has 2 aromatic carbocycles. The Morgan fingerprint density at radius 3 is 2.60 bits per heavy atom. The Bertz CT molecular complexity index is 772. The number of fused-ring (bicyclic) bond motifs is 1. The van der Waals surface area contributed by atoms with Crippen molar-refractivity contribution in [3.63, 3.8) is 0 Å². The van der Waals surface area contributed by atoms with Crippen LogP contribution in [0, 0.1) is 0 Å². The van der Waals surface area contributed by atoms with E-state index >= 15 is 0 Å². The molecular weight excluding hydrogens is 318 g/mol. The molecule has 1 aliphatic rings. The maximum atomic E-state index is 12.7. The van der Waals surface area contributed by atoms with Gasteiger partial charge in [0.1, 0.15) is 24.3 Å². The average molecular weight is 341 g/mol. The predicted octanol–water partition coefficient (Wildman–Crippen LogP) is 2.83. The van der Waals surface area contributed by atoms with Gasteiger partial charge in [0.15, 0.2) is 0 Å². The lowest BCUT2D eigenvalue weighted by Gasteiger charge is -2.44. The van der Waals surface area contributed by atoms with Crippen molar-refractivity contribution >= 4 is 5.91 Å². The molecule has 2 aromatic rings. The minimum atomic E-state index is -0.899. The summed E-state index contributed by atoms with van der Waals surface area (Å²) in [6.07, 6.45) is -0.899. The normalized spacial score (nSPS) is 18.6. The fraction of sp³-hybridized carbons (Fsp3) is 0.350. The second-order valence-corrected chi connectivity index (χ2v) is 6.67. The van der Waals surface area contributed by atoms with Crippen LogP contribution in [0.4, 0.5) is 0 Å². The van der Waals surface area contributed by atoms with E-state index in [1.54, 1.807) is 19.2 Å². The number of hydrogen-bond donors (Lipinski definition) is 1. The number of methoxy groups -OCH3 is 1. The van der Waals surface area contributed by atoms with Gasteiger partial charge in [-0.15, -0.1) is 0 Å². The van der Waals surface area contributed by atoms with Crippen LogP contribution in [-0.4, -0.2) is 42.4 Å². The van der Waals surface area contributed by atoms with Crippen LogP contribution in [0.3, 0.4) is 0 Å². The summed E-state index contributed by atoms with van der Waals surface area (Å²) in [7, 11) is 1.60. The first-order chi connectivity index (χ1) is 11.9. The van der Waals surface area contributed by atoms with Crippen LogP contribution in [0.15, 0.2) is 48.5 Å². The second-order valence-electron chi connectivity index (χ2n) is 6.67. The van der Waals surface area contributed by atoms with Crippen molar-refractivity contribution in [3.05, 3.63) is 59.7 Å². The molecule has 132 valence electrons. The monoisotopic (exact) mass is 341 g/mol. The molecular formula is C20H23NO4. The summed E-state index contributed by atoms with van der Waals surface area (Å²) < 4.78 is 10.9. The zero-order valence-corrected chi connectivity index (χ0v) is 14.7. The van der Waals surface area contributed by atoms with Gasteiger partial charge in [-0.2, -0.15) is 0 Å². The first-order valence-electron chi connectivity index (χ1n) is 8.30. The summed E-state index contributed by atoms with van der Waals surface area (Å²) in [6, 6.07) is 14.7. The average Bonchev–Trinajstić information content (AvgIpc) is 2.63. The molecule has 0 fully saturated rings. The summed E-state index contributed by atoms with van der Waals surface area (Å²) in [5, 5.41) is 10.7. The van der Waals surface area contributed by atoms with Gasteiger partial charge >= 0.3 is 0 Å². The highest BCUT2D eigenvalue weighted by atomic mass is 16.5. The lowest BCUT2D eigenvalue weighted by molar-refractivity contribution is -0.0422. The molecule has 0 saturated carbocycles. The van der Waals surface area contributed by atoms with Crippen LogP contribution < -0.4 is 9.47 Å². The van der Waals surface area contributed by atoms with Gasteiger partial charge in [-0.1, -0.05) is 38.1 Å². The molecule has 0 bridgehead atoms. The lowest BCUT2D eigenvalue weighted by atomic mass is 9.76. The Kier molecular flexibility index (Phi) is 4.68. The van der Waals surface area contributed by atoms with Crippen LogP contribution >= 0.6 is 0 Å². The molecule has 0 radical (unpaired) electrons. The molecule has 5 heteroatoms. The zero-order chi connectivity index (χ0) is 18.0. The van der Waals surface area contributed by atoms with Crippen molar-refractivity contribution in [1.82, 2.24) is 4.90 Å². The minimum absolute atomic E-state index is 0.170. The lowest BCUT2D eigenvalue weighted by Crippen LogP contribution is -2.56. The van der Waals surface area contributed by atoms with Crippen LogP contribution in [0.1, 0.15) is 29.8 Å². The van der Waals surface area contributed by atoms with E-state index in [9.17, 15) is 9.90 Å². The summed E-state index contributed by atoms with van der Waals surface area (Å²) in [5.41, 5.74) is 0.970. The van der Waals surface area contributed by atoms with Crippen LogP contribution in [0.5, 0.6) is 11.5 Å². The summed E-state index contributed by atoms with van der Waals surface area (Å²) in [4.78, 5) is 14.2. The Labute approximate surface area is 147 Å².